The molecule has 0 spiro atoms. The normalized spacial score (nSPS) is 22.2. The van der Waals surface area contributed by atoms with Crippen LogP contribution in [0.1, 0.15) is 6.92 Å². The zero-order chi connectivity index (χ0) is 9.42. The molecule has 13 heavy (non-hydrogen) atoms. The van der Waals surface area contributed by atoms with E-state index >= 15 is 0 Å². The van der Waals surface area contributed by atoms with Crippen LogP contribution < -0.4 is 10.2 Å². The lowest BCUT2D eigenvalue weighted by Crippen LogP contribution is -2.30. The molecule has 68 valence electrons. The molecule has 1 atom stereocenters. The monoisotopic (exact) mass is 196 g/mol. The maximum Gasteiger partial charge on any atom is 0.329 e. The summed E-state index contributed by atoms with van der Waals surface area (Å²) in [5.41, 5.74) is 0.650. The van der Waals surface area contributed by atoms with Crippen LogP contribution in [0, 0.1) is 0 Å². The number of anilines is 1. The number of hydrogen-bond acceptors (Lipinski definition) is 3. The van der Waals surface area contributed by atoms with Gasteiger partial charge >= 0.3 is 6.03 Å². The third kappa shape index (κ3) is 1.21. The van der Waals surface area contributed by atoms with Gasteiger partial charge in [0.15, 0.2) is 0 Å². The third-order valence-electron chi connectivity index (χ3n) is 1.90. The molecule has 1 aromatic rings. The van der Waals surface area contributed by atoms with Gasteiger partial charge < -0.3 is 5.32 Å². The van der Waals surface area contributed by atoms with Crippen molar-refractivity contribution < 1.29 is 9.59 Å². The Balaban J connectivity index is 2.34. The first-order chi connectivity index (χ1) is 6.20. The molecule has 0 aliphatic carbocycles. The van der Waals surface area contributed by atoms with Crippen LogP contribution in [0.5, 0.6) is 0 Å². The Hall–Kier alpha value is -1.36. The number of nitrogens with one attached hydrogen (secondary N) is 1. The average Bonchev–Trinajstić information content (AvgIpc) is 2.63. The van der Waals surface area contributed by atoms with E-state index in [-0.39, 0.29) is 11.9 Å². The van der Waals surface area contributed by atoms with Crippen LogP contribution in [0.2, 0.25) is 0 Å². The van der Waals surface area contributed by atoms with Crippen LogP contribution >= 0.6 is 11.3 Å². The standard InChI is InChI=1S/C8H8N2O2S/c1-5-7(11)10(8(12)9-5)6-2-3-13-4-6/h2-5H,1H3,(H,9,12)/t5-/m1/s1. The van der Waals surface area contributed by atoms with Gasteiger partial charge in [-0.1, -0.05) is 0 Å². The van der Waals surface area contributed by atoms with Crippen molar-refractivity contribution in [1.82, 2.24) is 5.32 Å². The summed E-state index contributed by atoms with van der Waals surface area (Å²) in [6, 6.07) is 1.00. The van der Waals surface area contributed by atoms with E-state index in [1.807, 2.05) is 5.38 Å². The van der Waals surface area contributed by atoms with Gasteiger partial charge in [0.25, 0.3) is 5.91 Å². The summed E-state index contributed by atoms with van der Waals surface area (Å²) < 4.78 is 0. The molecular formula is C8H8N2O2S. The average molecular weight is 196 g/mol. The van der Waals surface area contributed by atoms with Crippen molar-refractivity contribution in [3.8, 4) is 0 Å². The molecular weight excluding hydrogens is 188 g/mol. The topological polar surface area (TPSA) is 49.4 Å². The Morgan fingerprint density at radius 1 is 1.54 bits per heavy atom. The molecule has 4 nitrogen and oxygen atoms in total. The molecule has 5 heteroatoms. The fourth-order valence-electron chi connectivity index (χ4n) is 1.23. The lowest BCUT2D eigenvalue weighted by molar-refractivity contribution is -0.117. The summed E-state index contributed by atoms with van der Waals surface area (Å²) in [6.07, 6.45) is 0. The summed E-state index contributed by atoms with van der Waals surface area (Å²) in [4.78, 5) is 23.9. The second-order valence-electron chi connectivity index (χ2n) is 2.83. The third-order valence-corrected chi connectivity index (χ3v) is 2.57. The van der Waals surface area contributed by atoms with Gasteiger partial charge in [-0.25, -0.2) is 9.69 Å². The van der Waals surface area contributed by atoms with E-state index in [1.54, 1.807) is 18.4 Å². The zero-order valence-electron chi connectivity index (χ0n) is 6.98. The molecule has 0 unspecified atom stereocenters. The van der Waals surface area contributed by atoms with Gasteiger partial charge in [-0.3, -0.25) is 4.79 Å². The van der Waals surface area contributed by atoms with Gasteiger partial charge in [0.2, 0.25) is 0 Å². The predicted octanol–water partition coefficient (Wildman–Crippen LogP) is 1.19. The maximum atomic E-state index is 11.5. The number of thiophene rings is 1. The summed E-state index contributed by atoms with van der Waals surface area (Å²) in [5.74, 6) is -0.191. The molecule has 0 saturated carbocycles. The highest BCUT2D eigenvalue weighted by molar-refractivity contribution is 7.08. The summed E-state index contributed by atoms with van der Waals surface area (Å²) in [5, 5.41) is 6.15. The Morgan fingerprint density at radius 3 is 2.77 bits per heavy atom. The number of urea groups is 1. The van der Waals surface area contributed by atoms with E-state index in [1.165, 1.54) is 16.2 Å². The highest BCUT2D eigenvalue weighted by Crippen LogP contribution is 2.21. The molecule has 1 saturated heterocycles. The number of nitrogens with zero attached hydrogens (tertiary/aromatic N) is 1. The van der Waals surface area contributed by atoms with Crippen molar-refractivity contribution in [1.29, 1.82) is 0 Å². The quantitative estimate of drug-likeness (QED) is 0.686. The molecule has 1 fully saturated rings. The molecule has 0 bridgehead atoms. The van der Waals surface area contributed by atoms with Crippen LogP contribution in [0.3, 0.4) is 0 Å². The highest BCUT2D eigenvalue weighted by Gasteiger charge is 2.36. The first-order valence-electron chi connectivity index (χ1n) is 3.87. The minimum atomic E-state index is -0.410. The first kappa shape index (κ1) is 8.25. The van der Waals surface area contributed by atoms with Crippen LogP contribution in [-0.2, 0) is 4.79 Å². The first-order valence-corrected chi connectivity index (χ1v) is 4.81. The van der Waals surface area contributed by atoms with E-state index in [9.17, 15) is 9.59 Å². The number of carbonyl (C=O) groups is 2. The van der Waals surface area contributed by atoms with Gasteiger partial charge in [0.05, 0.1) is 5.69 Å². The molecule has 1 aliphatic heterocycles. The number of imide groups is 1. The van der Waals surface area contributed by atoms with E-state index < -0.39 is 6.04 Å². The molecule has 0 radical (unpaired) electrons. The fourth-order valence-corrected chi connectivity index (χ4v) is 1.85. The lowest BCUT2D eigenvalue weighted by atomic mass is 10.3. The molecule has 1 aliphatic rings. The van der Waals surface area contributed by atoms with Crippen molar-refractivity contribution in [3.05, 3.63) is 16.8 Å². The second kappa shape index (κ2) is 2.85. The van der Waals surface area contributed by atoms with Crippen molar-refractivity contribution >= 4 is 29.0 Å². The van der Waals surface area contributed by atoms with Gasteiger partial charge in [-0.15, -0.1) is 0 Å². The molecule has 1 N–H and O–H groups in total. The number of hydrogen-bond donors (Lipinski definition) is 1. The van der Waals surface area contributed by atoms with Crippen LogP contribution in [0.15, 0.2) is 16.8 Å². The molecule has 1 aromatic heterocycles. The van der Waals surface area contributed by atoms with E-state index in [4.69, 9.17) is 0 Å². The van der Waals surface area contributed by atoms with Crippen LogP contribution in [0.25, 0.3) is 0 Å². The van der Waals surface area contributed by atoms with E-state index in [2.05, 4.69) is 5.32 Å². The summed E-state index contributed by atoms with van der Waals surface area (Å²) >= 11 is 1.46. The summed E-state index contributed by atoms with van der Waals surface area (Å²) in [7, 11) is 0. The van der Waals surface area contributed by atoms with Gasteiger partial charge in [0.1, 0.15) is 6.04 Å². The highest BCUT2D eigenvalue weighted by atomic mass is 32.1. The SMILES string of the molecule is C[C@H]1NC(=O)N(c2ccsc2)C1=O. The van der Waals surface area contributed by atoms with E-state index in [0.29, 0.717) is 5.69 Å². The Kier molecular flexibility index (Phi) is 1.81. The van der Waals surface area contributed by atoms with Gasteiger partial charge in [-0.2, -0.15) is 11.3 Å². The minimum Gasteiger partial charge on any atom is -0.326 e. The lowest BCUT2D eigenvalue weighted by Gasteiger charge is -2.08. The van der Waals surface area contributed by atoms with E-state index in [0.717, 1.165) is 0 Å². The maximum absolute atomic E-state index is 11.5. The summed E-state index contributed by atoms with van der Waals surface area (Å²) in [6.45, 7) is 1.67. The van der Waals surface area contributed by atoms with Crippen molar-refractivity contribution in [2.75, 3.05) is 4.90 Å². The molecule has 0 aromatic carbocycles. The smallest absolute Gasteiger partial charge is 0.326 e. The Bertz CT molecular complexity index is 347. The van der Waals surface area contributed by atoms with Crippen molar-refractivity contribution in [2.45, 2.75) is 13.0 Å². The Labute approximate surface area is 79.2 Å². The number of carbonyl (C=O) groups excluding carboxylic acids is 2. The second-order valence-corrected chi connectivity index (χ2v) is 3.61. The van der Waals surface area contributed by atoms with Crippen molar-refractivity contribution in [3.63, 3.8) is 0 Å². The minimum absolute atomic E-state index is 0.191. The predicted molar refractivity (Wildman–Crippen MR) is 49.8 cm³/mol. The number of rotatable bonds is 1. The Morgan fingerprint density at radius 2 is 2.31 bits per heavy atom. The largest absolute Gasteiger partial charge is 0.329 e. The van der Waals surface area contributed by atoms with Crippen molar-refractivity contribution in [2.24, 2.45) is 0 Å². The molecule has 3 amide bonds. The molecule has 2 rings (SSSR count). The van der Waals surface area contributed by atoms with Crippen LogP contribution in [-0.4, -0.2) is 18.0 Å². The molecule has 2 heterocycles. The zero-order valence-corrected chi connectivity index (χ0v) is 7.80. The fraction of sp³-hybridized carbons (Fsp3) is 0.250. The van der Waals surface area contributed by atoms with Gasteiger partial charge in [-0.05, 0) is 18.4 Å². The number of amides is 3. The van der Waals surface area contributed by atoms with Gasteiger partial charge in [0, 0.05) is 5.38 Å². The van der Waals surface area contributed by atoms with Crippen LogP contribution in [0.4, 0.5) is 10.5 Å².